The lowest BCUT2D eigenvalue weighted by Crippen LogP contribution is -2.61. The number of likely N-dealkylation sites (tertiary alicyclic amines) is 1. The van der Waals surface area contributed by atoms with Crippen molar-refractivity contribution in [2.24, 2.45) is 17.3 Å². The van der Waals surface area contributed by atoms with Gasteiger partial charge in [-0.1, -0.05) is 63.9 Å². The SMILES string of the molecule is CCn1c(-c2cccnc2[C@H](C)OC)c2c3cc(ccc31)-c1cccc(c1)C[C@H](NC(=O)C(COC1CN(C(=O)C#CC(C)(C)N(C)C(C)C)C1)C(C)C)C(=O)N1CCC[C@H](N1)C(=O)OCC(C)(C)C2. The first-order valence-electron chi connectivity index (χ1n) is 25.2. The molecule has 70 heavy (non-hydrogen) atoms. The molecular formula is C56H75N7O7. The summed E-state index contributed by atoms with van der Waals surface area (Å²) in [6, 6.07) is 17.4. The Kier molecular flexibility index (Phi) is 16.3. The van der Waals surface area contributed by atoms with Gasteiger partial charge in [-0.25, -0.2) is 5.43 Å². The zero-order chi connectivity index (χ0) is 50.7. The van der Waals surface area contributed by atoms with Gasteiger partial charge in [0.05, 0.1) is 48.3 Å². The van der Waals surface area contributed by atoms with Crippen molar-refractivity contribution in [1.82, 2.24) is 35.1 Å². The third kappa shape index (κ3) is 11.6. The number of carbonyl (C=O) groups is 4. The number of amides is 3. The van der Waals surface area contributed by atoms with Crippen LogP contribution in [-0.2, 0) is 52.8 Å². The number of ether oxygens (including phenoxy) is 3. The van der Waals surface area contributed by atoms with Crippen LogP contribution in [0.2, 0.25) is 0 Å². The molecule has 2 aromatic heterocycles. The molecule has 7 rings (SSSR count). The summed E-state index contributed by atoms with van der Waals surface area (Å²) in [7, 11) is 3.69. The molecule has 14 nitrogen and oxygen atoms in total. The third-order valence-corrected chi connectivity index (χ3v) is 14.5. The van der Waals surface area contributed by atoms with Gasteiger partial charge in [-0.2, -0.15) is 0 Å². The number of aromatic nitrogens is 2. The maximum Gasteiger partial charge on any atom is 0.324 e. The van der Waals surface area contributed by atoms with E-state index in [-0.39, 0.29) is 61.5 Å². The third-order valence-electron chi connectivity index (χ3n) is 14.5. The van der Waals surface area contributed by atoms with Gasteiger partial charge >= 0.3 is 5.97 Å². The Bertz CT molecular complexity index is 2620. The first kappa shape index (κ1) is 52.2. The monoisotopic (exact) mass is 958 g/mol. The minimum absolute atomic E-state index is 0.117. The van der Waals surface area contributed by atoms with Crippen LogP contribution in [0.1, 0.15) is 105 Å². The van der Waals surface area contributed by atoms with Gasteiger partial charge in [-0.05, 0) is 126 Å². The van der Waals surface area contributed by atoms with Crippen molar-refractivity contribution < 1.29 is 33.4 Å². The summed E-state index contributed by atoms with van der Waals surface area (Å²) in [6.45, 7) is 22.6. The predicted octanol–water partition coefficient (Wildman–Crippen LogP) is 7.37. The van der Waals surface area contributed by atoms with Crippen molar-refractivity contribution in [3.05, 3.63) is 77.6 Å². The van der Waals surface area contributed by atoms with E-state index in [1.54, 1.807) is 18.2 Å². The molecule has 0 aliphatic carbocycles. The van der Waals surface area contributed by atoms with Gasteiger partial charge in [-0.15, -0.1) is 0 Å². The summed E-state index contributed by atoms with van der Waals surface area (Å²) in [5.41, 5.74) is 10.2. The van der Waals surface area contributed by atoms with E-state index in [0.717, 1.165) is 50.1 Å². The van der Waals surface area contributed by atoms with Crippen molar-refractivity contribution in [3.63, 3.8) is 0 Å². The molecule has 2 aromatic carbocycles. The number of methoxy groups -OCH3 is 1. The first-order valence-corrected chi connectivity index (χ1v) is 25.2. The summed E-state index contributed by atoms with van der Waals surface area (Å²) < 4.78 is 20.6. The molecule has 3 amide bonds. The predicted molar refractivity (Wildman–Crippen MR) is 273 cm³/mol. The van der Waals surface area contributed by atoms with Gasteiger partial charge < -0.3 is 29.0 Å². The van der Waals surface area contributed by atoms with E-state index < -0.39 is 34.9 Å². The number of rotatable bonds is 12. The molecule has 2 saturated heterocycles. The molecule has 4 aromatic rings. The van der Waals surface area contributed by atoms with Gasteiger partial charge in [0.25, 0.3) is 11.8 Å². The van der Waals surface area contributed by atoms with Crippen LogP contribution >= 0.6 is 0 Å². The number of aryl methyl sites for hydroxylation is 1. The van der Waals surface area contributed by atoms with Gasteiger partial charge in [0.2, 0.25) is 5.91 Å². The van der Waals surface area contributed by atoms with E-state index in [1.165, 1.54) is 5.01 Å². The second-order valence-electron chi connectivity index (χ2n) is 21.4. The summed E-state index contributed by atoms with van der Waals surface area (Å²) in [6.07, 6.45) is 3.21. The highest BCUT2D eigenvalue weighted by atomic mass is 16.5. The van der Waals surface area contributed by atoms with E-state index in [4.69, 9.17) is 19.2 Å². The number of hydrogen-bond donors (Lipinski definition) is 2. The van der Waals surface area contributed by atoms with Crippen molar-refractivity contribution in [2.75, 3.05) is 47.0 Å². The highest BCUT2D eigenvalue weighted by molar-refractivity contribution is 5.96. The van der Waals surface area contributed by atoms with Gasteiger partial charge in [0.1, 0.15) is 12.1 Å². The number of benzene rings is 2. The van der Waals surface area contributed by atoms with Crippen LogP contribution in [0.3, 0.4) is 0 Å². The van der Waals surface area contributed by atoms with Gasteiger partial charge in [0, 0.05) is 73.8 Å². The molecule has 3 aliphatic heterocycles. The average Bonchev–Trinajstić information content (AvgIpc) is 3.63. The minimum atomic E-state index is -0.961. The van der Waals surface area contributed by atoms with E-state index in [9.17, 15) is 19.2 Å². The number of hydrazine groups is 1. The molecule has 6 bridgehead atoms. The fourth-order valence-corrected chi connectivity index (χ4v) is 9.80. The Hall–Kier alpha value is -5.59. The number of nitrogens with one attached hydrogen (secondary N) is 2. The fourth-order valence-electron chi connectivity index (χ4n) is 9.80. The minimum Gasteiger partial charge on any atom is -0.464 e. The molecule has 14 heteroatoms. The molecule has 2 fully saturated rings. The molecule has 2 N–H and O–H groups in total. The largest absolute Gasteiger partial charge is 0.464 e. The molecule has 376 valence electrons. The Morgan fingerprint density at radius 1 is 1.04 bits per heavy atom. The number of pyridine rings is 1. The number of carbonyl (C=O) groups excluding carboxylic acids is 4. The van der Waals surface area contributed by atoms with Crippen LogP contribution < -0.4 is 10.7 Å². The Morgan fingerprint density at radius 2 is 1.79 bits per heavy atom. The van der Waals surface area contributed by atoms with Crippen LogP contribution in [0.5, 0.6) is 0 Å². The summed E-state index contributed by atoms with van der Waals surface area (Å²) >= 11 is 0. The smallest absolute Gasteiger partial charge is 0.324 e. The number of cyclic esters (lactones) is 1. The molecule has 1 unspecified atom stereocenters. The molecular weight excluding hydrogens is 883 g/mol. The Labute approximate surface area is 415 Å². The molecule has 0 radical (unpaired) electrons. The lowest BCUT2D eigenvalue weighted by atomic mass is 9.84. The first-order chi connectivity index (χ1) is 33.2. The molecule has 4 atom stereocenters. The Morgan fingerprint density at radius 3 is 2.49 bits per heavy atom. The highest BCUT2D eigenvalue weighted by Gasteiger charge is 2.38. The van der Waals surface area contributed by atoms with E-state index in [1.807, 2.05) is 59.9 Å². The van der Waals surface area contributed by atoms with Crippen molar-refractivity contribution in [2.45, 2.75) is 137 Å². The highest BCUT2D eigenvalue weighted by Crippen LogP contribution is 2.42. The quantitative estimate of drug-likeness (QED) is 0.109. The zero-order valence-corrected chi connectivity index (χ0v) is 43.5. The molecule has 0 spiro atoms. The Balaban J connectivity index is 1.18. The molecule has 3 aliphatic rings. The second-order valence-corrected chi connectivity index (χ2v) is 21.4. The van der Waals surface area contributed by atoms with Crippen LogP contribution in [0.4, 0.5) is 0 Å². The summed E-state index contributed by atoms with van der Waals surface area (Å²) in [4.78, 5) is 64.6. The van der Waals surface area contributed by atoms with Crippen molar-refractivity contribution in [3.8, 4) is 34.2 Å². The van der Waals surface area contributed by atoms with E-state index in [2.05, 4.69) is 103 Å². The second kappa shape index (κ2) is 21.8. The van der Waals surface area contributed by atoms with Crippen molar-refractivity contribution in [1.29, 1.82) is 0 Å². The van der Waals surface area contributed by atoms with Crippen LogP contribution in [-0.4, -0.2) is 125 Å². The molecule has 5 heterocycles. The summed E-state index contributed by atoms with van der Waals surface area (Å²) in [5, 5.41) is 5.71. The average molecular weight is 958 g/mol. The van der Waals surface area contributed by atoms with Crippen LogP contribution in [0.15, 0.2) is 60.8 Å². The zero-order valence-electron chi connectivity index (χ0n) is 43.5. The maximum absolute atomic E-state index is 14.7. The lowest BCUT2D eigenvalue weighted by Gasteiger charge is -2.39. The number of nitrogens with zero attached hydrogens (tertiary/aromatic N) is 5. The standard InChI is InChI=1S/C56H75N7O7/c1-13-62-48-22-21-40-29-43(48)44(51(62)42-19-15-25-57-50(42)37(6)68-12)30-55(7,8)34-70-54(67)46-20-16-26-63(59-46)53(66)47(28-38-17-14-18-39(40)27-38)58-52(65)45(35(2)3)33-69-41-31-61(32-41)49(64)23-24-56(9,10)60(11)36(4)5/h14-15,17-19,21-22,25,27,29,35-37,41,45-47,59H,13,16,20,26,28,30-34H2,1-12H3,(H,58,65)/t37-,45?,46-,47-/m0/s1. The summed E-state index contributed by atoms with van der Waals surface area (Å²) in [5.74, 6) is 3.95. The van der Waals surface area contributed by atoms with E-state index in [0.29, 0.717) is 45.4 Å². The lowest BCUT2D eigenvalue weighted by molar-refractivity contribution is -0.155. The number of esters is 1. The van der Waals surface area contributed by atoms with Crippen molar-refractivity contribution >= 4 is 34.6 Å². The maximum atomic E-state index is 14.7. The molecule has 0 saturated carbocycles. The normalized spacial score (nSPS) is 19.9. The topological polar surface area (TPSA) is 148 Å². The number of hydrogen-bond acceptors (Lipinski definition) is 10. The number of fused-ring (bicyclic) bond motifs is 6. The van der Waals surface area contributed by atoms with Gasteiger partial charge in [0.15, 0.2) is 0 Å². The fraction of sp³-hybridized carbons (Fsp3) is 0.554. The van der Waals surface area contributed by atoms with Crippen LogP contribution in [0.25, 0.3) is 33.3 Å². The van der Waals surface area contributed by atoms with Gasteiger partial charge in [-0.3, -0.25) is 34.1 Å². The van der Waals surface area contributed by atoms with E-state index >= 15 is 0 Å². The van der Waals surface area contributed by atoms with Crippen LogP contribution in [0, 0.1) is 29.1 Å².